The molecule has 2 heterocycles. The van der Waals surface area contributed by atoms with Gasteiger partial charge in [-0.2, -0.15) is 10.5 Å². The minimum atomic E-state index is -0.0290. The number of amides is 2. The quantitative estimate of drug-likeness (QED) is 0.740. The normalized spacial score (nSPS) is 19.3. The first kappa shape index (κ1) is 19.2. The third kappa shape index (κ3) is 6.05. The molecule has 2 amide bonds. The minimum absolute atomic E-state index is 0.000232. The van der Waals surface area contributed by atoms with E-state index in [1.54, 1.807) is 0 Å². The third-order valence-corrected chi connectivity index (χ3v) is 5.62. The molecule has 0 radical (unpaired) electrons. The van der Waals surface area contributed by atoms with Gasteiger partial charge in [0, 0.05) is 26.2 Å². The van der Waals surface area contributed by atoms with Gasteiger partial charge >= 0.3 is 0 Å². The lowest BCUT2D eigenvalue weighted by Crippen LogP contribution is -2.38. The highest BCUT2D eigenvalue weighted by Gasteiger charge is 2.24. The Kier molecular flexibility index (Phi) is 7.73. The zero-order valence-corrected chi connectivity index (χ0v) is 15.0. The van der Waals surface area contributed by atoms with Gasteiger partial charge in [0.15, 0.2) is 0 Å². The van der Waals surface area contributed by atoms with E-state index in [0.717, 1.165) is 51.9 Å². The molecule has 2 aliphatic heterocycles. The lowest BCUT2D eigenvalue weighted by Gasteiger charge is -2.33. The number of hydrogen-bond donors (Lipinski definition) is 0. The maximum Gasteiger partial charge on any atom is 0.236 e. The van der Waals surface area contributed by atoms with E-state index >= 15 is 0 Å². The first-order chi connectivity index (χ1) is 12.1. The minimum Gasteiger partial charge on any atom is -0.342 e. The summed E-state index contributed by atoms with van der Waals surface area (Å²) in [6.45, 7) is 3.18. The van der Waals surface area contributed by atoms with Gasteiger partial charge in [-0.05, 0) is 37.5 Å². The Bertz CT molecular complexity index is 485. The Morgan fingerprint density at radius 2 is 1.12 bits per heavy atom. The molecule has 0 aromatic heterocycles. The zero-order valence-electron chi connectivity index (χ0n) is 15.0. The molecule has 0 aliphatic carbocycles. The molecule has 25 heavy (non-hydrogen) atoms. The molecule has 136 valence electrons. The highest BCUT2D eigenvalue weighted by molar-refractivity contribution is 5.78. The molecule has 2 saturated heterocycles. The van der Waals surface area contributed by atoms with Gasteiger partial charge in [0.25, 0.3) is 0 Å². The van der Waals surface area contributed by atoms with E-state index in [2.05, 4.69) is 0 Å². The van der Waals surface area contributed by atoms with Gasteiger partial charge in [-0.25, -0.2) is 0 Å². The fraction of sp³-hybridized carbons (Fsp3) is 0.789. The van der Waals surface area contributed by atoms with Crippen molar-refractivity contribution < 1.29 is 9.59 Å². The van der Waals surface area contributed by atoms with Crippen LogP contribution in [0.15, 0.2) is 0 Å². The van der Waals surface area contributed by atoms with Crippen molar-refractivity contribution in [3.05, 3.63) is 0 Å². The van der Waals surface area contributed by atoms with Gasteiger partial charge in [-0.3, -0.25) is 9.59 Å². The van der Waals surface area contributed by atoms with Gasteiger partial charge in [-0.1, -0.05) is 19.3 Å². The van der Waals surface area contributed by atoms with Crippen LogP contribution in [0.4, 0.5) is 0 Å². The summed E-state index contributed by atoms with van der Waals surface area (Å²) in [5.41, 5.74) is 0. The average molecular weight is 344 g/mol. The van der Waals surface area contributed by atoms with Crippen LogP contribution in [0.25, 0.3) is 0 Å². The molecule has 6 heteroatoms. The molecule has 0 atom stereocenters. The monoisotopic (exact) mass is 344 g/mol. The second-order valence-electron chi connectivity index (χ2n) is 7.25. The van der Waals surface area contributed by atoms with Crippen LogP contribution in [0, 0.1) is 34.5 Å². The predicted octanol–water partition coefficient (Wildman–Crippen LogP) is 2.46. The molecular formula is C19H28N4O2. The van der Waals surface area contributed by atoms with E-state index in [9.17, 15) is 9.59 Å². The van der Waals surface area contributed by atoms with Crippen LogP contribution in [0.2, 0.25) is 0 Å². The number of carbonyl (C=O) groups is 2. The SMILES string of the molecule is N#CCC(=O)N1CCC(CCCC2CCN(C(=O)CC#N)CC2)CC1. The molecule has 2 fully saturated rings. The van der Waals surface area contributed by atoms with Crippen molar-refractivity contribution in [1.82, 2.24) is 9.80 Å². The number of rotatable bonds is 6. The Hall–Kier alpha value is -2.08. The molecule has 2 aliphatic rings. The molecule has 0 aromatic rings. The van der Waals surface area contributed by atoms with Crippen LogP contribution in [0.3, 0.4) is 0 Å². The first-order valence-electron chi connectivity index (χ1n) is 9.43. The van der Waals surface area contributed by atoms with Crippen molar-refractivity contribution in [3.63, 3.8) is 0 Å². The summed E-state index contributed by atoms with van der Waals surface area (Å²) >= 11 is 0. The Morgan fingerprint density at radius 3 is 1.44 bits per heavy atom. The summed E-state index contributed by atoms with van der Waals surface area (Å²) in [6.07, 6.45) is 7.86. The maximum absolute atomic E-state index is 11.7. The molecule has 0 aromatic carbocycles. The topological polar surface area (TPSA) is 88.2 Å². The number of nitriles is 2. The molecule has 0 unspecified atom stereocenters. The fourth-order valence-corrected chi connectivity index (χ4v) is 4.00. The summed E-state index contributed by atoms with van der Waals surface area (Å²) in [5, 5.41) is 17.2. The Labute approximate surface area is 150 Å². The standard InChI is InChI=1S/C19H28N4O2/c20-10-4-18(24)22-12-6-16(7-13-22)2-1-3-17-8-14-23(15-9-17)19(25)5-11-21/h16-17H,1-9,12-15H2. The van der Waals surface area contributed by atoms with E-state index in [-0.39, 0.29) is 24.7 Å². The van der Waals surface area contributed by atoms with Crippen LogP contribution in [-0.4, -0.2) is 47.8 Å². The van der Waals surface area contributed by atoms with Crippen molar-refractivity contribution >= 4 is 11.8 Å². The van der Waals surface area contributed by atoms with E-state index < -0.39 is 0 Å². The first-order valence-corrected chi connectivity index (χ1v) is 9.43. The molecule has 0 saturated carbocycles. The van der Waals surface area contributed by atoms with E-state index in [0.29, 0.717) is 11.8 Å². The molecular weight excluding hydrogens is 316 g/mol. The van der Waals surface area contributed by atoms with E-state index in [1.807, 2.05) is 21.9 Å². The highest BCUT2D eigenvalue weighted by Crippen LogP contribution is 2.27. The van der Waals surface area contributed by atoms with Crippen LogP contribution in [-0.2, 0) is 9.59 Å². The van der Waals surface area contributed by atoms with Gasteiger partial charge in [0.2, 0.25) is 11.8 Å². The Balaban J connectivity index is 1.57. The maximum atomic E-state index is 11.7. The van der Waals surface area contributed by atoms with Crippen molar-refractivity contribution in [3.8, 4) is 12.1 Å². The summed E-state index contributed by atoms with van der Waals surface area (Å²) in [7, 11) is 0. The molecule has 0 spiro atoms. The summed E-state index contributed by atoms with van der Waals surface area (Å²) in [6, 6.07) is 3.86. The molecule has 0 bridgehead atoms. The van der Waals surface area contributed by atoms with Crippen molar-refractivity contribution in [2.75, 3.05) is 26.2 Å². The third-order valence-electron chi connectivity index (χ3n) is 5.62. The van der Waals surface area contributed by atoms with Crippen molar-refractivity contribution in [2.45, 2.75) is 57.8 Å². The van der Waals surface area contributed by atoms with E-state index in [1.165, 1.54) is 19.3 Å². The largest absolute Gasteiger partial charge is 0.342 e. The molecule has 6 nitrogen and oxygen atoms in total. The average Bonchev–Trinajstić information content (AvgIpc) is 2.63. The number of hydrogen-bond acceptors (Lipinski definition) is 4. The fourth-order valence-electron chi connectivity index (χ4n) is 4.00. The lowest BCUT2D eigenvalue weighted by molar-refractivity contribution is -0.132. The lowest BCUT2D eigenvalue weighted by atomic mass is 9.87. The summed E-state index contributed by atoms with van der Waals surface area (Å²) in [5.74, 6) is 1.34. The van der Waals surface area contributed by atoms with Gasteiger partial charge in [0.1, 0.15) is 12.8 Å². The van der Waals surface area contributed by atoms with Crippen molar-refractivity contribution in [1.29, 1.82) is 10.5 Å². The van der Waals surface area contributed by atoms with Crippen molar-refractivity contribution in [2.24, 2.45) is 11.8 Å². The second kappa shape index (κ2) is 10.0. The summed E-state index contributed by atoms with van der Waals surface area (Å²) in [4.78, 5) is 27.1. The van der Waals surface area contributed by atoms with E-state index in [4.69, 9.17) is 10.5 Å². The number of carbonyl (C=O) groups excluding carboxylic acids is 2. The zero-order chi connectivity index (χ0) is 18.1. The molecule has 0 N–H and O–H groups in total. The number of nitrogens with zero attached hydrogens (tertiary/aromatic N) is 4. The summed E-state index contributed by atoms with van der Waals surface area (Å²) < 4.78 is 0. The van der Waals surface area contributed by atoms with Gasteiger partial charge in [-0.15, -0.1) is 0 Å². The molecule has 2 rings (SSSR count). The smallest absolute Gasteiger partial charge is 0.236 e. The van der Waals surface area contributed by atoms with Gasteiger partial charge < -0.3 is 9.80 Å². The predicted molar refractivity (Wildman–Crippen MR) is 92.9 cm³/mol. The van der Waals surface area contributed by atoms with Crippen LogP contribution < -0.4 is 0 Å². The number of piperidine rings is 2. The Morgan fingerprint density at radius 1 is 0.760 bits per heavy atom. The number of likely N-dealkylation sites (tertiary alicyclic amines) is 2. The van der Waals surface area contributed by atoms with Crippen LogP contribution in [0.5, 0.6) is 0 Å². The van der Waals surface area contributed by atoms with Crippen LogP contribution in [0.1, 0.15) is 57.8 Å². The second-order valence-corrected chi connectivity index (χ2v) is 7.25. The van der Waals surface area contributed by atoms with Gasteiger partial charge in [0.05, 0.1) is 12.1 Å². The highest BCUT2D eigenvalue weighted by atomic mass is 16.2. The van der Waals surface area contributed by atoms with Crippen LogP contribution >= 0.6 is 0 Å².